The first-order chi connectivity index (χ1) is 9.16. The second kappa shape index (κ2) is 6.96. The second-order valence-corrected chi connectivity index (χ2v) is 5.65. The van der Waals surface area contributed by atoms with Gasteiger partial charge in [-0.1, -0.05) is 43.6 Å². The number of likely N-dealkylation sites (tertiary alicyclic amines) is 1. The van der Waals surface area contributed by atoms with Gasteiger partial charge in [0.05, 0.1) is 0 Å². The Balaban J connectivity index is 2.03. The van der Waals surface area contributed by atoms with Crippen molar-refractivity contribution in [3.63, 3.8) is 0 Å². The number of halogens is 1. The SMILES string of the molecule is NC(=S)c1ccc(CN2CCCCCCC2)c(F)c1. The normalized spacial score (nSPS) is 17.7. The van der Waals surface area contributed by atoms with E-state index in [0.29, 0.717) is 12.1 Å². The molecule has 1 heterocycles. The van der Waals surface area contributed by atoms with Gasteiger partial charge in [-0.2, -0.15) is 0 Å². The molecule has 2 N–H and O–H groups in total. The molecule has 1 fully saturated rings. The monoisotopic (exact) mass is 280 g/mol. The Morgan fingerprint density at radius 3 is 2.37 bits per heavy atom. The highest BCUT2D eigenvalue weighted by atomic mass is 32.1. The smallest absolute Gasteiger partial charge is 0.128 e. The molecule has 0 amide bonds. The van der Waals surface area contributed by atoms with Crippen LogP contribution in [-0.4, -0.2) is 23.0 Å². The highest BCUT2D eigenvalue weighted by Crippen LogP contribution is 2.16. The van der Waals surface area contributed by atoms with Crippen molar-refractivity contribution in [3.05, 3.63) is 35.1 Å². The molecule has 1 aromatic rings. The van der Waals surface area contributed by atoms with Gasteiger partial charge in [-0.3, -0.25) is 4.90 Å². The lowest BCUT2D eigenvalue weighted by atomic mass is 10.1. The van der Waals surface area contributed by atoms with Gasteiger partial charge in [0, 0.05) is 17.7 Å². The molecule has 4 heteroatoms. The Bertz CT molecular complexity index is 440. The molecule has 0 unspecified atom stereocenters. The highest BCUT2D eigenvalue weighted by Gasteiger charge is 2.12. The van der Waals surface area contributed by atoms with Gasteiger partial charge in [0.1, 0.15) is 10.8 Å². The maximum atomic E-state index is 14.0. The van der Waals surface area contributed by atoms with Crippen molar-refractivity contribution in [2.24, 2.45) is 5.73 Å². The summed E-state index contributed by atoms with van der Waals surface area (Å²) in [5.41, 5.74) is 6.85. The predicted octanol–water partition coefficient (Wildman–Crippen LogP) is 3.23. The predicted molar refractivity (Wildman–Crippen MR) is 80.6 cm³/mol. The van der Waals surface area contributed by atoms with Crippen LogP contribution < -0.4 is 5.73 Å². The minimum absolute atomic E-state index is 0.202. The highest BCUT2D eigenvalue weighted by molar-refractivity contribution is 7.80. The molecule has 2 nitrogen and oxygen atoms in total. The van der Waals surface area contributed by atoms with E-state index >= 15 is 0 Å². The van der Waals surface area contributed by atoms with E-state index in [-0.39, 0.29) is 10.8 Å². The molecule has 0 saturated carbocycles. The van der Waals surface area contributed by atoms with Gasteiger partial charge < -0.3 is 5.73 Å². The standard InChI is InChI=1S/C15H21FN2S/c16-14-10-12(15(17)19)6-7-13(14)11-18-8-4-2-1-3-5-9-18/h6-7,10H,1-5,8-9,11H2,(H2,17,19). The maximum Gasteiger partial charge on any atom is 0.128 e. The molecular weight excluding hydrogens is 259 g/mol. The molecule has 0 aliphatic carbocycles. The third-order valence-corrected chi connectivity index (χ3v) is 3.92. The van der Waals surface area contributed by atoms with Crippen molar-refractivity contribution in [1.82, 2.24) is 4.90 Å². The Morgan fingerprint density at radius 2 is 1.79 bits per heavy atom. The van der Waals surface area contributed by atoms with Crippen LogP contribution in [0.3, 0.4) is 0 Å². The zero-order chi connectivity index (χ0) is 13.7. The average molecular weight is 280 g/mol. The molecule has 104 valence electrons. The number of hydrogen-bond donors (Lipinski definition) is 1. The Morgan fingerprint density at radius 1 is 1.16 bits per heavy atom. The summed E-state index contributed by atoms with van der Waals surface area (Å²) >= 11 is 4.86. The van der Waals surface area contributed by atoms with E-state index in [1.807, 2.05) is 12.1 Å². The number of thiocarbonyl (C=S) groups is 1. The summed E-state index contributed by atoms with van der Waals surface area (Å²) in [5, 5.41) is 0. The van der Waals surface area contributed by atoms with Crippen molar-refractivity contribution in [2.45, 2.75) is 38.6 Å². The van der Waals surface area contributed by atoms with Crippen molar-refractivity contribution in [3.8, 4) is 0 Å². The van der Waals surface area contributed by atoms with Gasteiger partial charge in [-0.05, 0) is 32.0 Å². The van der Waals surface area contributed by atoms with E-state index in [4.69, 9.17) is 18.0 Å². The molecule has 19 heavy (non-hydrogen) atoms. The first-order valence-electron chi connectivity index (χ1n) is 6.97. The van der Waals surface area contributed by atoms with E-state index < -0.39 is 0 Å². The van der Waals surface area contributed by atoms with Crippen molar-refractivity contribution in [1.29, 1.82) is 0 Å². The zero-order valence-electron chi connectivity index (χ0n) is 11.2. The Kier molecular flexibility index (Phi) is 5.28. The number of rotatable bonds is 3. The molecule has 0 spiro atoms. The second-order valence-electron chi connectivity index (χ2n) is 5.21. The van der Waals surface area contributed by atoms with Crippen molar-refractivity contribution >= 4 is 17.2 Å². The van der Waals surface area contributed by atoms with Crippen LogP contribution in [0.2, 0.25) is 0 Å². The molecule has 0 radical (unpaired) electrons. The van der Waals surface area contributed by atoms with Crippen LogP contribution in [0.1, 0.15) is 43.2 Å². The van der Waals surface area contributed by atoms with E-state index in [1.165, 1.54) is 38.2 Å². The van der Waals surface area contributed by atoms with Crippen LogP contribution in [0.25, 0.3) is 0 Å². The van der Waals surface area contributed by atoms with Gasteiger partial charge in [-0.25, -0.2) is 4.39 Å². The number of nitrogens with two attached hydrogens (primary N) is 1. The first-order valence-corrected chi connectivity index (χ1v) is 7.38. The van der Waals surface area contributed by atoms with Crippen LogP contribution in [0.4, 0.5) is 4.39 Å². The van der Waals surface area contributed by atoms with Gasteiger partial charge >= 0.3 is 0 Å². The van der Waals surface area contributed by atoms with Gasteiger partial charge in [0.15, 0.2) is 0 Å². The Labute approximate surface area is 119 Å². The number of nitrogens with zero attached hydrogens (tertiary/aromatic N) is 1. The van der Waals surface area contributed by atoms with E-state index in [1.54, 1.807) is 0 Å². The summed E-state index contributed by atoms with van der Waals surface area (Å²) in [5.74, 6) is -0.202. The fraction of sp³-hybridized carbons (Fsp3) is 0.533. The van der Waals surface area contributed by atoms with Crippen LogP contribution in [0.5, 0.6) is 0 Å². The minimum atomic E-state index is -0.202. The van der Waals surface area contributed by atoms with Crippen LogP contribution >= 0.6 is 12.2 Å². The molecule has 2 rings (SSSR count). The average Bonchev–Trinajstić information content (AvgIpc) is 2.34. The van der Waals surface area contributed by atoms with E-state index in [2.05, 4.69) is 4.90 Å². The van der Waals surface area contributed by atoms with Crippen LogP contribution in [0, 0.1) is 5.82 Å². The number of hydrogen-bond acceptors (Lipinski definition) is 2. The molecule has 0 atom stereocenters. The largest absolute Gasteiger partial charge is 0.389 e. The molecule has 1 aliphatic heterocycles. The summed E-state index contributed by atoms with van der Waals surface area (Å²) in [7, 11) is 0. The van der Waals surface area contributed by atoms with Crippen LogP contribution in [0.15, 0.2) is 18.2 Å². The first kappa shape index (κ1) is 14.4. The molecule has 0 bridgehead atoms. The van der Waals surface area contributed by atoms with Crippen molar-refractivity contribution in [2.75, 3.05) is 13.1 Å². The van der Waals surface area contributed by atoms with Gasteiger partial charge in [0.2, 0.25) is 0 Å². The lowest BCUT2D eigenvalue weighted by Gasteiger charge is -2.24. The van der Waals surface area contributed by atoms with Crippen molar-refractivity contribution < 1.29 is 4.39 Å². The summed E-state index contributed by atoms with van der Waals surface area (Å²) < 4.78 is 14.0. The molecule has 1 aromatic carbocycles. The van der Waals surface area contributed by atoms with Crippen LogP contribution in [-0.2, 0) is 6.54 Å². The maximum absolute atomic E-state index is 14.0. The van der Waals surface area contributed by atoms with Gasteiger partial charge in [-0.15, -0.1) is 0 Å². The fourth-order valence-corrected chi connectivity index (χ4v) is 2.67. The molecule has 0 aromatic heterocycles. The topological polar surface area (TPSA) is 29.3 Å². The third-order valence-electron chi connectivity index (χ3n) is 3.68. The summed E-state index contributed by atoms with van der Waals surface area (Å²) in [4.78, 5) is 2.59. The van der Waals surface area contributed by atoms with E-state index in [9.17, 15) is 4.39 Å². The fourth-order valence-electron chi connectivity index (χ4n) is 2.54. The van der Waals surface area contributed by atoms with E-state index in [0.717, 1.165) is 18.7 Å². The summed E-state index contributed by atoms with van der Waals surface area (Å²) in [6, 6.07) is 5.06. The third kappa shape index (κ3) is 4.25. The molecule has 1 aliphatic rings. The zero-order valence-corrected chi connectivity index (χ0v) is 12.0. The lowest BCUT2D eigenvalue weighted by molar-refractivity contribution is 0.237. The summed E-state index contributed by atoms with van der Waals surface area (Å²) in [6.45, 7) is 2.82. The summed E-state index contributed by atoms with van der Waals surface area (Å²) in [6.07, 6.45) is 6.35. The quantitative estimate of drug-likeness (QED) is 0.862. The minimum Gasteiger partial charge on any atom is -0.389 e. The molecular formula is C15H21FN2S. The lowest BCUT2D eigenvalue weighted by Crippen LogP contribution is -2.27. The number of benzene rings is 1. The Hall–Kier alpha value is -1.00. The molecule has 1 saturated heterocycles. The van der Waals surface area contributed by atoms with Gasteiger partial charge in [0.25, 0.3) is 0 Å².